The van der Waals surface area contributed by atoms with Crippen molar-refractivity contribution in [1.29, 1.82) is 0 Å². The van der Waals surface area contributed by atoms with Crippen LogP contribution in [0.15, 0.2) is 0 Å². The lowest BCUT2D eigenvalue weighted by molar-refractivity contribution is 0.246. The Hall–Kier alpha value is 1.000. The highest BCUT2D eigenvalue weighted by atomic mass is 33.1. The van der Waals surface area contributed by atoms with Crippen molar-refractivity contribution in [2.75, 3.05) is 24.7 Å². The smallest absolute Gasteiger partial charge is 0.324 e. The van der Waals surface area contributed by atoms with Crippen molar-refractivity contribution in [3.63, 3.8) is 0 Å². The van der Waals surface area contributed by atoms with Crippen LogP contribution in [0.4, 0.5) is 0 Å². The van der Waals surface area contributed by atoms with Gasteiger partial charge < -0.3 is 18.8 Å². The first-order valence-corrected chi connectivity index (χ1v) is 16.1. The first kappa shape index (κ1) is 29.0. The maximum Gasteiger partial charge on any atom is 0.330 e. The van der Waals surface area contributed by atoms with Crippen LogP contribution in [0.1, 0.15) is 79.1 Å². The van der Waals surface area contributed by atoms with Crippen molar-refractivity contribution in [2.45, 2.75) is 90.4 Å². The molecular weight excluding hydrogens is 438 g/mol. The molecule has 0 aliphatic heterocycles. The van der Waals surface area contributed by atoms with Crippen LogP contribution in [0.3, 0.4) is 0 Å². The van der Waals surface area contributed by atoms with Gasteiger partial charge in [-0.3, -0.25) is 9.13 Å². The number of hydrogen-bond donors (Lipinski definition) is 2. The third-order valence-corrected chi connectivity index (χ3v) is 10.5. The summed E-state index contributed by atoms with van der Waals surface area (Å²) in [6.07, 6.45) is 8.30. The Morgan fingerprint density at radius 3 is 1.29 bits per heavy atom. The van der Waals surface area contributed by atoms with E-state index in [0.717, 1.165) is 62.9 Å². The molecule has 0 aromatic rings. The van der Waals surface area contributed by atoms with Crippen LogP contribution in [0.2, 0.25) is 0 Å². The zero-order chi connectivity index (χ0) is 21.5. The van der Waals surface area contributed by atoms with Crippen molar-refractivity contribution < 1.29 is 28.0 Å². The normalized spacial score (nSPS) is 16.4. The Kier molecular flexibility index (Phi) is 17.3. The van der Waals surface area contributed by atoms with Gasteiger partial charge in [0.15, 0.2) is 0 Å². The van der Waals surface area contributed by atoms with E-state index in [9.17, 15) is 18.9 Å². The van der Waals surface area contributed by atoms with E-state index in [2.05, 4.69) is 0 Å². The van der Waals surface area contributed by atoms with E-state index in [-0.39, 0.29) is 11.3 Å². The van der Waals surface area contributed by atoms with Crippen LogP contribution in [-0.4, -0.2) is 45.8 Å². The molecule has 28 heavy (non-hydrogen) atoms. The molecule has 2 N–H and O–H groups in total. The SMILES string of the molecule is CC(C)P(=O)(O)OCCCCCCSSCCCCCCOP(=O)(O)C(C)C. The molecule has 0 spiro atoms. The number of unbranched alkanes of at least 4 members (excludes halogenated alkanes) is 6. The average Bonchev–Trinajstić information content (AvgIpc) is 2.60. The molecule has 170 valence electrons. The molecule has 10 heteroatoms. The third-order valence-electron chi connectivity index (χ3n) is 4.19. The molecule has 0 amide bonds. The number of hydrogen-bond acceptors (Lipinski definition) is 6. The molecule has 0 aliphatic rings. The minimum absolute atomic E-state index is 0.335. The Balaban J connectivity index is 3.28. The van der Waals surface area contributed by atoms with Gasteiger partial charge in [-0.1, -0.05) is 75.0 Å². The van der Waals surface area contributed by atoms with Gasteiger partial charge in [0, 0.05) is 11.5 Å². The first-order valence-electron chi connectivity index (χ1n) is 10.3. The van der Waals surface area contributed by atoms with E-state index in [4.69, 9.17) is 9.05 Å². The topological polar surface area (TPSA) is 93.1 Å². The van der Waals surface area contributed by atoms with Crippen molar-refractivity contribution >= 4 is 36.8 Å². The molecule has 0 saturated heterocycles. The van der Waals surface area contributed by atoms with Gasteiger partial charge >= 0.3 is 15.2 Å². The lowest BCUT2D eigenvalue weighted by Gasteiger charge is -2.15. The van der Waals surface area contributed by atoms with Crippen molar-refractivity contribution in [2.24, 2.45) is 0 Å². The summed E-state index contributed by atoms with van der Waals surface area (Å²) in [4.78, 5) is 19.1. The predicted molar refractivity (Wildman–Crippen MR) is 124 cm³/mol. The van der Waals surface area contributed by atoms with Crippen LogP contribution >= 0.6 is 36.8 Å². The molecule has 0 radical (unpaired) electrons. The van der Waals surface area contributed by atoms with Gasteiger partial charge in [0.05, 0.1) is 24.5 Å². The van der Waals surface area contributed by atoms with Crippen molar-refractivity contribution in [3.8, 4) is 0 Å². The molecule has 0 aromatic heterocycles. The fourth-order valence-corrected chi connectivity index (χ4v) is 5.71. The molecule has 0 fully saturated rings. The third kappa shape index (κ3) is 15.8. The maximum absolute atomic E-state index is 11.6. The van der Waals surface area contributed by atoms with E-state index in [1.807, 2.05) is 21.6 Å². The summed E-state index contributed by atoms with van der Waals surface area (Å²) in [7, 11) is -2.99. The molecule has 2 unspecified atom stereocenters. The summed E-state index contributed by atoms with van der Waals surface area (Å²) in [5.41, 5.74) is -0.670. The van der Waals surface area contributed by atoms with E-state index in [1.165, 1.54) is 0 Å². The Morgan fingerprint density at radius 1 is 0.643 bits per heavy atom. The highest BCUT2D eigenvalue weighted by molar-refractivity contribution is 8.76. The second kappa shape index (κ2) is 16.7. The molecular formula is C18H40O6P2S2. The van der Waals surface area contributed by atoms with Crippen LogP contribution < -0.4 is 0 Å². The van der Waals surface area contributed by atoms with E-state index >= 15 is 0 Å². The number of rotatable bonds is 19. The fourth-order valence-electron chi connectivity index (χ4n) is 2.04. The van der Waals surface area contributed by atoms with Crippen molar-refractivity contribution in [3.05, 3.63) is 0 Å². The second-order valence-corrected chi connectivity index (χ2v) is 15.0. The molecule has 0 rings (SSSR count). The molecule has 6 nitrogen and oxygen atoms in total. The molecule has 0 bridgehead atoms. The van der Waals surface area contributed by atoms with Gasteiger partial charge in [-0.2, -0.15) is 0 Å². The highest BCUT2D eigenvalue weighted by Crippen LogP contribution is 2.47. The zero-order valence-corrected chi connectivity index (χ0v) is 21.3. The summed E-state index contributed by atoms with van der Waals surface area (Å²) in [6, 6.07) is 0. The van der Waals surface area contributed by atoms with Crippen LogP contribution in [0.5, 0.6) is 0 Å². The quantitative estimate of drug-likeness (QED) is 0.120. The van der Waals surface area contributed by atoms with Crippen LogP contribution in [0, 0.1) is 0 Å². The monoisotopic (exact) mass is 478 g/mol. The Bertz CT molecular complexity index is 435. The van der Waals surface area contributed by atoms with Gasteiger partial charge in [0.2, 0.25) is 0 Å². The van der Waals surface area contributed by atoms with E-state index in [0.29, 0.717) is 13.2 Å². The van der Waals surface area contributed by atoms with Gasteiger partial charge in [0.1, 0.15) is 0 Å². The minimum Gasteiger partial charge on any atom is -0.324 e. The van der Waals surface area contributed by atoms with Gasteiger partial charge in [0.25, 0.3) is 0 Å². The van der Waals surface area contributed by atoms with Gasteiger partial charge in [-0.25, -0.2) is 0 Å². The standard InChI is InChI=1S/C18H40O6P2S2/c1-17(2)25(19,20)23-13-9-5-7-11-15-27-28-16-12-8-6-10-14-24-26(21,22)18(3)4/h17-18H,5-16H2,1-4H3,(H,19,20)(H,21,22). The summed E-state index contributed by atoms with van der Waals surface area (Å²) < 4.78 is 33.4. The molecule has 0 heterocycles. The molecule has 2 atom stereocenters. The largest absolute Gasteiger partial charge is 0.330 e. The predicted octanol–water partition coefficient (Wildman–Crippen LogP) is 6.71. The zero-order valence-electron chi connectivity index (χ0n) is 17.9. The minimum atomic E-state index is -3.40. The van der Waals surface area contributed by atoms with Crippen molar-refractivity contribution in [1.82, 2.24) is 0 Å². The Labute approximate surface area is 179 Å². The summed E-state index contributed by atoms with van der Waals surface area (Å²) in [6.45, 7) is 7.54. The van der Waals surface area contributed by atoms with Crippen LogP contribution in [0.25, 0.3) is 0 Å². The summed E-state index contributed by atoms with van der Waals surface area (Å²) in [5, 5.41) is 0. The highest BCUT2D eigenvalue weighted by Gasteiger charge is 2.24. The fraction of sp³-hybridized carbons (Fsp3) is 1.00. The van der Waals surface area contributed by atoms with E-state index in [1.54, 1.807) is 27.7 Å². The lowest BCUT2D eigenvalue weighted by Crippen LogP contribution is -2.02. The van der Waals surface area contributed by atoms with Gasteiger partial charge in [-0.15, -0.1) is 0 Å². The second-order valence-electron chi connectivity index (χ2n) is 7.45. The van der Waals surface area contributed by atoms with E-state index < -0.39 is 15.2 Å². The molecule has 0 aromatic carbocycles. The summed E-state index contributed by atoms with van der Waals surface area (Å²) in [5.74, 6) is 2.26. The first-order chi connectivity index (χ1) is 13.1. The van der Waals surface area contributed by atoms with Crippen LogP contribution in [-0.2, 0) is 18.2 Å². The molecule has 0 aliphatic carbocycles. The molecule has 0 saturated carbocycles. The summed E-state index contributed by atoms with van der Waals surface area (Å²) >= 11 is 0. The lowest BCUT2D eigenvalue weighted by atomic mass is 10.2. The maximum atomic E-state index is 11.6. The average molecular weight is 479 g/mol. The Morgan fingerprint density at radius 2 is 0.964 bits per heavy atom. The van der Waals surface area contributed by atoms with Gasteiger partial charge in [-0.05, 0) is 25.7 Å².